The molecule has 1 aliphatic rings. The number of pyridine rings is 1. The van der Waals surface area contributed by atoms with Crippen LogP contribution in [0.5, 0.6) is 0 Å². The molecule has 0 saturated carbocycles. The third kappa shape index (κ3) is 2.04. The molecule has 0 atom stereocenters. The van der Waals surface area contributed by atoms with Crippen molar-refractivity contribution in [3.63, 3.8) is 0 Å². The van der Waals surface area contributed by atoms with Crippen LogP contribution in [0.15, 0.2) is 18.3 Å². The van der Waals surface area contributed by atoms with E-state index in [9.17, 15) is 0 Å². The first kappa shape index (κ1) is 9.46. The van der Waals surface area contributed by atoms with Gasteiger partial charge in [0.2, 0.25) is 0 Å². The first-order chi connectivity index (χ1) is 6.75. The smallest absolute Gasteiger partial charge is 0.0400 e. The van der Waals surface area contributed by atoms with Crippen molar-refractivity contribution in [2.24, 2.45) is 0 Å². The van der Waals surface area contributed by atoms with Crippen molar-refractivity contribution < 1.29 is 0 Å². The van der Waals surface area contributed by atoms with Gasteiger partial charge in [0, 0.05) is 43.8 Å². The molecular weight excluding hydrogens is 174 g/mol. The Labute approximate surface area is 85.4 Å². The number of nitrogens with zero attached hydrogens (tertiary/aromatic N) is 3. The van der Waals surface area contributed by atoms with E-state index in [1.807, 2.05) is 13.1 Å². The van der Waals surface area contributed by atoms with Crippen LogP contribution < -0.4 is 4.90 Å². The maximum atomic E-state index is 4.21. The topological polar surface area (TPSA) is 19.4 Å². The molecule has 76 valence electrons. The lowest BCUT2D eigenvalue weighted by Gasteiger charge is -2.34. The molecule has 3 heteroatoms. The Morgan fingerprint density at radius 3 is 2.57 bits per heavy atom. The second kappa shape index (κ2) is 3.96. The quantitative estimate of drug-likeness (QED) is 0.663. The highest BCUT2D eigenvalue weighted by Gasteiger charge is 2.13. The van der Waals surface area contributed by atoms with Gasteiger partial charge in [-0.15, -0.1) is 0 Å². The molecule has 3 nitrogen and oxygen atoms in total. The predicted molar refractivity (Wildman–Crippen MR) is 58.7 cm³/mol. The Kier molecular flexibility index (Phi) is 2.68. The summed E-state index contributed by atoms with van der Waals surface area (Å²) in [5.41, 5.74) is 2.41. The lowest BCUT2D eigenvalue weighted by molar-refractivity contribution is 0.313. The summed E-state index contributed by atoms with van der Waals surface area (Å²) in [5, 5.41) is 0. The van der Waals surface area contributed by atoms with Gasteiger partial charge in [-0.2, -0.15) is 0 Å². The molecule has 0 radical (unpaired) electrons. The zero-order valence-electron chi connectivity index (χ0n) is 8.90. The summed E-state index contributed by atoms with van der Waals surface area (Å²) in [6, 6.07) is 4.25. The first-order valence-electron chi connectivity index (χ1n) is 5.12. The van der Waals surface area contributed by atoms with Gasteiger partial charge < -0.3 is 9.80 Å². The number of hydrogen-bond acceptors (Lipinski definition) is 3. The van der Waals surface area contributed by atoms with Crippen LogP contribution in [0.1, 0.15) is 5.69 Å². The molecule has 1 aromatic rings. The van der Waals surface area contributed by atoms with E-state index in [1.54, 1.807) is 0 Å². The summed E-state index contributed by atoms with van der Waals surface area (Å²) in [5.74, 6) is 0. The zero-order chi connectivity index (χ0) is 9.97. The molecule has 0 bridgehead atoms. The molecule has 0 N–H and O–H groups in total. The second-order valence-electron chi connectivity index (χ2n) is 3.95. The number of rotatable bonds is 1. The molecule has 0 aliphatic carbocycles. The van der Waals surface area contributed by atoms with Crippen LogP contribution in [0.25, 0.3) is 0 Å². The molecular formula is C11H17N3. The summed E-state index contributed by atoms with van der Waals surface area (Å²) in [6.07, 6.45) is 1.89. The van der Waals surface area contributed by atoms with Gasteiger partial charge in [-0.1, -0.05) is 0 Å². The summed E-state index contributed by atoms with van der Waals surface area (Å²) in [6.45, 7) is 6.60. The van der Waals surface area contributed by atoms with Gasteiger partial charge in [0.25, 0.3) is 0 Å². The minimum Gasteiger partial charge on any atom is -0.369 e. The van der Waals surface area contributed by atoms with Crippen LogP contribution in [0, 0.1) is 6.92 Å². The minimum atomic E-state index is 1.10. The number of likely N-dealkylation sites (N-methyl/N-ethyl adjacent to an activating group) is 1. The van der Waals surface area contributed by atoms with E-state index in [0.29, 0.717) is 0 Å². The van der Waals surface area contributed by atoms with Gasteiger partial charge in [0.1, 0.15) is 0 Å². The molecule has 0 aromatic carbocycles. The minimum absolute atomic E-state index is 1.10. The normalized spacial score (nSPS) is 18.6. The molecule has 1 saturated heterocycles. The fourth-order valence-electron chi connectivity index (χ4n) is 1.79. The maximum absolute atomic E-state index is 4.21. The fraction of sp³-hybridized carbons (Fsp3) is 0.545. The van der Waals surface area contributed by atoms with Crippen molar-refractivity contribution in [2.75, 3.05) is 38.1 Å². The van der Waals surface area contributed by atoms with E-state index < -0.39 is 0 Å². The van der Waals surface area contributed by atoms with Crippen LogP contribution in [0.2, 0.25) is 0 Å². The van der Waals surface area contributed by atoms with Gasteiger partial charge in [-0.05, 0) is 26.1 Å². The van der Waals surface area contributed by atoms with E-state index >= 15 is 0 Å². The Morgan fingerprint density at radius 2 is 1.93 bits per heavy atom. The highest BCUT2D eigenvalue weighted by atomic mass is 15.2. The van der Waals surface area contributed by atoms with Crippen LogP contribution >= 0.6 is 0 Å². The third-order valence-electron chi connectivity index (χ3n) is 2.75. The monoisotopic (exact) mass is 191 g/mol. The van der Waals surface area contributed by atoms with Crippen molar-refractivity contribution in [1.82, 2.24) is 9.88 Å². The van der Waals surface area contributed by atoms with E-state index in [2.05, 4.69) is 34.0 Å². The molecule has 0 amide bonds. The van der Waals surface area contributed by atoms with Crippen molar-refractivity contribution >= 4 is 5.69 Å². The summed E-state index contributed by atoms with van der Waals surface area (Å²) < 4.78 is 0. The molecule has 2 heterocycles. The average molecular weight is 191 g/mol. The van der Waals surface area contributed by atoms with Gasteiger partial charge in [-0.3, -0.25) is 4.98 Å². The number of aryl methyl sites for hydroxylation is 1. The fourth-order valence-corrected chi connectivity index (χ4v) is 1.79. The van der Waals surface area contributed by atoms with E-state index in [-0.39, 0.29) is 0 Å². The second-order valence-corrected chi connectivity index (χ2v) is 3.95. The lowest BCUT2D eigenvalue weighted by atomic mass is 10.2. The number of hydrogen-bond donors (Lipinski definition) is 0. The summed E-state index contributed by atoms with van der Waals surface area (Å²) >= 11 is 0. The van der Waals surface area contributed by atoms with Crippen LogP contribution in [0.3, 0.4) is 0 Å². The predicted octanol–water partition coefficient (Wildman–Crippen LogP) is 1.14. The molecule has 1 aliphatic heterocycles. The van der Waals surface area contributed by atoms with E-state index in [4.69, 9.17) is 0 Å². The highest BCUT2D eigenvalue weighted by molar-refractivity contribution is 5.46. The first-order valence-corrected chi connectivity index (χ1v) is 5.12. The molecule has 0 unspecified atom stereocenters. The summed E-state index contributed by atoms with van der Waals surface area (Å²) in [7, 11) is 2.18. The molecule has 14 heavy (non-hydrogen) atoms. The van der Waals surface area contributed by atoms with Gasteiger partial charge in [0.05, 0.1) is 0 Å². The molecule has 1 aromatic heterocycles. The van der Waals surface area contributed by atoms with Crippen LogP contribution in [0.4, 0.5) is 5.69 Å². The summed E-state index contributed by atoms with van der Waals surface area (Å²) in [4.78, 5) is 9.00. The Hall–Kier alpha value is -1.09. The van der Waals surface area contributed by atoms with Gasteiger partial charge in [-0.25, -0.2) is 0 Å². The van der Waals surface area contributed by atoms with Crippen molar-refractivity contribution in [3.05, 3.63) is 24.0 Å². The molecule has 0 spiro atoms. The number of aromatic nitrogens is 1. The van der Waals surface area contributed by atoms with E-state index in [0.717, 1.165) is 31.9 Å². The molecule has 1 fully saturated rings. The van der Waals surface area contributed by atoms with Crippen molar-refractivity contribution in [1.29, 1.82) is 0 Å². The maximum Gasteiger partial charge on any atom is 0.0400 e. The average Bonchev–Trinajstić information content (AvgIpc) is 2.19. The Balaban J connectivity index is 2.08. The largest absolute Gasteiger partial charge is 0.369 e. The number of anilines is 1. The Bertz CT molecular complexity index is 303. The van der Waals surface area contributed by atoms with Crippen LogP contribution in [-0.2, 0) is 0 Å². The highest BCUT2D eigenvalue weighted by Crippen LogP contribution is 2.15. The Morgan fingerprint density at radius 1 is 1.21 bits per heavy atom. The van der Waals surface area contributed by atoms with Gasteiger partial charge >= 0.3 is 0 Å². The zero-order valence-corrected chi connectivity index (χ0v) is 8.90. The SMILES string of the molecule is Cc1cc(N2CCN(C)CC2)ccn1. The molecule has 2 rings (SSSR count). The third-order valence-corrected chi connectivity index (χ3v) is 2.75. The van der Waals surface area contributed by atoms with Crippen molar-refractivity contribution in [2.45, 2.75) is 6.92 Å². The van der Waals surface area contributed by atoms with E-state index in [1.165, 1.54) is 5.69 Å². The van der Waals surface area contributed by atoms with Gasteiger partial charge in [0.15, 0.2) is 0 Å². The van der Waals surface area contributed by atoms with Crippen molar-refractivity contribution in [3.8, 4) is 0 Å². The standard InChI is InChI=1S/C11H17N3/c1-10-9-11(3-4-12-10)14-7-5-13(2)6-8-14/h3-4,9H,5-8H2,1-2H3. The van der Waals surface area contributed by atoms with Crippen LogP contribution in [-0.4, -0.2) is 43.1 Å². The number of piperazine rings is 1. The lowest BCUT2D eigenvalue weighted by Crippen LogP contribution is -2.44.